The molecule has 2 heterocycles. The third-order valence-corrected chi connectivity index (χ3v) is 3.66. The smallest absolute Gasteiger partial charge is 0.265 e. The van der Waals surface area contributed by atoms with Crippen LogP contribution in [0.5, 0.6) is 0 Å². The van der Waals surface area contributed by atoms with Gasteiger partial charge in [-0.3, -0.25) is 14.7 Å². The van der Waals surface area contributed by atoms with Crippen molar-refractivity contribution in [1.29, 1.82) is 0 Å². The van der Waals surface area contributed by atoms with Crippen molar-refractivity contribution in [2.45, 2.75) is 11.8 Å². The number of nitrogens with one attached hydrogen (secondary N) is 1. The van der Waals surface area contributed by atoms with E-state index in [1.165, 1.54) is 24.7 Å². The van der Waals surface area contributed by atoms with Crippen LogP contribution >= 0.6 is 0 Å². The van der Waals surface area contributed by atoms with Crippen LogP contribution in [-0.2, 0) is 10.0 Å². The predicted molar refractivity (Wildman–Crippen MR) is 68.4 cm³/mol. The third kappa shape index (κ3) is 2.57. The standard InChI is InChI=1S/C11H12N4O2S/c1-8-4-9(6-14-5-8)15-18(16,17)11-7-13-3-2-10(11)12/h2-7,15H,1H3,(H2,12,13). The maximum Gasteiger partial charge on any atom is 0.265 e. The van der Waals surface area contributed by atoms with E-state index < -0.39 is 10.0 Å². The van der Waals surface area contributed by atoms with E-state index in [-0.39, 0.29) is 10.6 Å². The SMILES string of the molecule is Cc1cncc(NS(=O)(=O)c2cnccc2N)c1. The Kier molecular flexibility index (Phi) is 3.15. The highest BCUT2D eigenvalue weighted by Gasteiger charge is 2.17. The number of nitrogen functional groups attached to an aromatic ring is 1. The summed E-state index contributed by atoms with van der Waals surface area (Å²) in [5, 5.41) is 0. The number of nitrogens with zero attached hydrogens (tertiary/aromatic N) is 2. The molecule has 0 unspecified atom stereocenters. The number of anilines is 2. The molecule has 0 aromatic carbocycles. The molecule has 2 rings (SSSR count). The lowest BCUT2D eigenvalue weighted by Crippen LogP contribution is -2.15. The Balaban J connectivity index is 2.37. The van der Waals surface area contributed by atoms with E-state index in [0.29, 0.717) is 5.69 Å². The minimum Gasteiger partial charge on any atom is -0.398 e. The van der Waals surface area contributed by atoms with E-state index in [4.69, 9.17) is 5.73 Å². The number of pyridine rings is 2. The minimum absolute atomic E-state index is 0.0495. The zero-order valence-electron chi connectivity index (χ0n) is 9.66. The van der Waals surface area contributed by atoms with Crippen LogP contribution < -0.4 is 10.5 Å². The van der Waals surface area contributed by atoms with Gasteiger partial charge in [0, 0.05) is 18.6 Å². The van der Waals surface area contributed by atoms with Crippen LogP contribution in [0.2, 0.25) is 0 Å². The lowest BCUT2D eigenvalue weighted by atomic mass is 10.3. The summed E-state index contributed by atoms with van der Waals surface area (Å²) in [6, 6.07) is 3.11. The largest absolute Gasteiger partial charge is 0.398 e. The summed E-state index contributed by atoms with van der Waals surface area (Å²) >= 11 is 0. The van der Waals surface area contributed by atoms with Crippen molar-refractivity contribution in [2.75, 3.05) is 10.5 Å². The molecule has 0 atom stereocenters. The maximum absolute atomic E-state index is 12.1. The van der Waals surface area contributed by atoms with Gasteiger partial charge in [0.25, 0.3) is 10.0 Å². The Labute approximate surface area is 105 Å². The molecule has 2 aromatic rings. The van der Waals surface area contributed by atoms with Gasteiger partial charge in [-0.05, 0) is 24.6 Å². The molecule has 18 heavy (non-hydrogen) atoms. The van der Waals surface area contributed by atoms with Crippen LogP contribution in [-0.4, -0.2) is 18.4 Å². The van der Waals surface area contributed by atoms with E-state index in [2.05, 4.69) is 14.7 Å². The number of sulfonamides is 1. The van der Waals surface area contributed by atoms with Crippen molar-refractivity contribution in [3.05, 3.63) is 42.5 Å². The molecular formula is C11H12N4O2S. The first-order valence-electron chi connectivity index (χ1n) is 5.13. The number of aryl methyl sites for hydroxylation is 1. The molecule has 0 aliphatic heterocycles. The van der Waals surface area contributed by atoms with Gasteiger partial charge >= 0.3 is 0 Å². The van der Waals surface area contributed by atoms with Crippen molar-refractivity contribution >= 4 is 21.4 Å². The maximum atomic E-state index is 12.1. The molecule has 0 aliphatic rings. The second kappa shape index (κ2) is 4.61. The van der Waals surface area contributed by atoms with Gasteiger partial charge in [0.1, 0.15) is 4.90 Å². The van der Waals surface area contributed by atoms with Crippen LogP contribution in [0.15, 0.2) is 41.8 Å². The summed E-state index contributed by atoms with van der Waals surface area (Å²) in [6.45, 7) is 1.82. The van der Waals surface area contributed by atoms with Crippen LogP contribution in [0.1, 0.15) is 5.56 Å². The Morgan fingerprint density at radius 1 is 1.22 bits per heavy atom. The fraction of sp³-hybridized carbons (Fsp3) is 0.0909. The fourth-order valence-electron chi connectivity index (χ4n) is 1.44. The van der Waals surface area contributed by atoms with E-state index in [1.807, 2.05) is 6.92 Å². The zero-order valence-corrected chi connectivity index (χ0v) is 10.5. The van der Waals surface area contributed by atoms with Gasteiger partial charge in [0.05, 0.1) is 17.6 Å². The molecule has 2 aromatic heterocycles. The topological polar surface area (TPSA) is 98.0 Å². The minimum atomic E-state index is -3.74. The Morgan fingerprint density at radius 2 is 2.00 bits per heavy atom. The second-order valence-electron chi connectivity index (χ2n) is 3.77. The zero-order chi connectivity index (χ0) is 13.2. The van der Waals surface area contributed by atoms with E-state index >= 15 is 0 Å². The number of nitrogens with two attached hydrogens (primary N) is 1. The number of aromatic nitrogens is 2. The highest BCUT2D eigenvalue weighted by Crippen LogP contribution is 2.19. The molecule has 0 aliphatic carbocycles. The average molecular weight is 264 g/mol. The molecular weight excluding hydrogens is 252 g/mol. The highest BCUT2D eigenvalue weighted by atomic mass is 32.2. The Hall–Kier alpha value is -2.15. The van der Waals surface area contributed by atoms with Crippen molar-refractivity contribution in [3.63, 3.8) is 0 Å². The first kappa shape index (κ1) is 12.3. The summed E-state index contributed by atoms with van der Waals surface area (Å²) in [7, 11) is -3.74. The normalized spacial score (nSPS) is 11.2. The lowest BCUT2D eigenvalue weighted by molar-refractivity contribution is 0.601. The summed E-state index contributed by atoms with van der Waals surface area (Å²) in [4.78, 5) is 7.62. The van der Waals surface area contributed by atoms with Gasteiger partial charge in [-0.1, -0.05) is 0 Å². The molecule has 0 amide bonds. The number of rotatable bonds is 3. The van der Waals surface area contributed by atoms with Crippen LogP contribution in [0.25, 0.3) is 0 Å². The van der Waals surface area contributed by atoms with Crippen LogP contribution in [0, 0.1) is 6.92 Å². The predicted octanol–water partition coefficient (Wildman–Crippen LogP) is 1.17. The Morgan fingerprint density at radius 3 is 2.67 bits per heavy atom. The van der Waals surface area contributed by atoms with Crippen LogP contribution in [0.3, 0.4) is 0 Å². The van der Waals surface area contributed by atoms with Crippen molar-refractivity contribution in [1.82, 2.24) is 9.97 Å². The van der Waals surface area contributed by atoms with E-state index in [9.17, 15) is 8.42 Å². The molecule has 3 N–H and O–H groups in total. The van der Waals surface area contributed by atoms with Gasteiger partial charge in [-0.25, -0.2) is 8.42 Å². The van der Waals surface area contributed by atoms with Crippen LogP contribution in [0.4, 0.5) is 11.4 Å². The van der Waals surface area contributed by atoms with E-state index in [0.717, 1.165) is 5.56 Å². The average Bonchev–Trinajstić information content (AvgIpc) is 2.28. The first-order chi connectivity index (χ1) is 8.49. The fourth-order valence-corrected chi connectivity index (χ4v) is 2.55. The summed E-state index contributed by atoms with van der Waals surface area (Å²) < 4.78 is 26.6. The van der Waals surface area contributed by atoms with Crippen molar-refractivity contribution in [2.24, 2.45) is 0 Å². The second-order valence-corrected chi connectivity index (χ2v) is 5.42. The molecule has 0 saturated heterocycles. The summed E-state index contributed by atoms with van der Waals surface area (Å²) in [5.74, 6) is 0. The molecule has 0 bridgehead atoms. The Bertz CT molecular complexity index is 670. The molecule has 0 radical (unpaired) electrons. The molecule has 7 heteroatoms. The van der Waals surface area contributed by atoms with Crippen molar-refractivity contribution in [3.8, 4) is 0 Å². The van der Waals surface area contributed by atoms with Gasteiger partial charge in [-0.15, -0.1) is 0 Å². The number of hydrogen-bond donors (Lipinski definition) is 2. The molecule has 0 saturated carbocycles. The quantitative estimate of drug-likeness (QED) is 0.867. The van der Waals surface area contributed by atoms with E-state index in [1.54, 1.807) is 12.3 Å². The van der Waals surface area contributed by atoms with Gasteiger partial charge < -0.3 is 5.73 Å². The molecule has 0 spiro atoms. The molecule has 0 fully saturated rings. The monoisotopic (exact) mass is 264 g/mol. The third-order valence-electron chi connectivity index (χ3n) is 2.23. The number of hydrogen-bond acceptors (Lipinski definition) is 5. The summed E-state index contributed by atoms with van der Waals surface area (Å²) in [5.41, 5.74) is 7.01. The molecule has 6 nitrogen and oxygen atoms in total. The summed E-state index contributed by atoms with van der Waals surface area (Å²) in [6.07, 6.45) is 5.71. The first-order valence-corrected chi connectivity index (χ1v) is 6.61. The lowest BCUT2D eigenvalue weighted by Gasteiger charge is -2.09. The molecule has 94 valence electrons. The highest BCUT2D eigenvalue weighted by molar-refractivity contribution is 7.92. The van der Waals surface area contributed by atoms with Gasteiger partial charge in [-0.2, -0.15) is 0 Å². The van der Waals surface area contributed by atoms with Gasteiger partial charge in [0.15, 0.2) is 0 Å². The van der Waals surface area contributed by atoms with Gasteiger partial charge in [0.2, 0.25) is 0 Å². The van der Waals surface area contributed by atoms with Crippen molar-refractivity contribution < 1.29 is 8.42 Å².